The highest BCUT2D eigenvalue weighted by Gasteiger charge is 2.18. The smallest absolute Gasteiger partial charge is 0.279 e. The molecule has 1 aromatic carbocycles. The number of nitrogens with zero attached hydrogens (tertiary/aromatic N) is 5. The number of anilines is 1. The molecule has 0 aliphatic carbocycles. The predicted octanol–water partition coefficient (Wildman–Crippen LogP) is 3.09. The standard InChI is InChI=1S/C16H17ClN6O/c1-3-9-22-14(7-8-18-22)19-16(24)15-11(2)20-23(21-15)13-6-4-5-12(17)10-13/h4-8,10H,3,9H2,1-2H3,(H,19,24). The fraction of sp³-hybridized carbons (Fsp3) is 0.250. The maximum atomic E-state index is 12.5. The van der Waals surface area contributed by atoms with Gasteiger partial charge in [0.25, 0.3) is 5.91 Å². The fourth-order valence-electron chi connectivity index (χ4n) is 2.31. The van der Waals surface area contributed by atoms with Gasteiger partial charge in [-0.2, -0.15) is 15.0 Å². The summed E-state index contributed by atoms with van der Waals surface area (Å²) in [7, 11) is 0. The molecule has 7 nitrogen and oxygen atoms in total. The van der Waals surface area contributed by atoms with E-state index in [0.717, 1.165) is 13.0 Å². The molecule has 3 aromatic rings. The molecule has 1 N–H and O–H groups in total. The monoisotopic (exact) mass is 344 g/mol. The minimum atomic E-state index is -0.321. The first-order chi connectivity index (χ1) is 11.6. The van der Waals surface area contributed by atoms with Gasteiger partial charge < -0.3 is 5.32 Å². The highest BCUT2D eigenvalue weighted by atomic mass is 35.5. The SMILES string of the molecule is CCCn1nccc1NC(=O)c1nn(-c2cccc(Cl)c2)nc1C. The first-order valence-corrected chi connectivity index (χ1v) is 7.99. The van der Waals surface area contributed by atoms with Crippen LogP contribution in [0.25, 0.3) is 5.69 Å². The van der Waals surface area contributed by atoms with Crippen molar-refractivity contribution in [3.05, 3.63) is 52.9 Å². The maximum Gasteiger partial charge on any atom is 0.279 e. The second kappa shape index (κ2) is 6.84. The average Bonchev–Trinajstić information content (AvgIpc) is 3.15. The van der Waals surface area contributed by atoms with Crippen molar-refractivity contribution < 1.29 is 4.79 Å². The van der Waals surface area contributed by atoms with Gasteiger partial charge in [-0.05, 0) is 31.5 Å². The lowest BCUT2D eigenvalue weighted by molar-refractivity contribution is 0.102. The zero-order chi connectivity index (χ0) is 17.1. The molecule has 0 unspecified atom stereocenters. The van der Waals surface area contributed by atoms with E-state index < -0.39 is 0 Å². The zero-order valence-corrected chi connectivity index (χ0v) is 14.2. The number of rotatable bonds is 5. The summed E-state index contributed by atoms with van der Waals surface area (Å²) in [6, 6.07) is 8.88. The molecule has 0 spiro atoms. The van der Waals surface area contributed by atoms with Gasteiger partial charge in [-0.25, -0.2) is 4.68 Å². The van der Waals surface area contributed by atoms with E-state index in [1.54, 1.807) is 42.1 Å². The number of amides is 1. The molecular formula is C16H17ClN6O. The summed E-state index contributed by atoms with van der Waals surface area (Å²) in [6.45, 7) is 4.52. The molecule has 0 saturated carbocycles. The molecule has 24 heavy (non-hydrogen) atoms. The Morgan fingerprint density at radius 3 is 2.88 bits per heavy atom. The number of nitrogens with one attached hydrogen (secondary N) is 1. The number of hydrogen-bond acceptors (Lipinski definition) is 4. The molecule has 0 radical (unpaired) electrons. The van der Waals surface area contributed by atoms with E-state index in [9.17, 15) is 4.79 Å². The van der Waals surface area contributed by atoms with Crippen LogP contribution >= 0.6 is 11.6 Å². The lowest BCUT2D eigenvalue weighted by Crippen LogP contribution is -2.17. The van der Waals surface area contributed by atoms with Crippen LogP contribution in [0.3, 0.4) is 0 Å². The lowest BCUT2D eigenvalue weighted by atomic mass is 10.3. The number of benzene rings is 1. The van der Waals surface area contributed by atoms with E-state index >= 15 is 0 Å². The van der Waals surface area contributed by atoms with Gasteiger partial charge in [0.05, 0.1) is 17.6 Å². The summed E-state index contributed by atoms with van der Waals surface area (Å²) in [5.41, 5.74) is 1.49. The molecule has 0 atom stereocenters. The first kappa shape index (κ1) is 16.2. The van der Waals surface area contributed by atoms with E-state index in [1.807, 2.05) is 13.0 Å². The van der Waals surface area contributed by atoms with Crippen LogP contribution in [0, 0.1) is 6.92 Å². The average molecular weight is 345 g/mol. The summed E-state index contributed by atoms with van der Waals surface area (Å²) < 4.78 is 1.74. The van der Waals surface area contributed by atoms with Crippen LogP contribution in [0.1, 0.15) is 29.5 Å². The van der Waals surface area contributed by atoms with Crippen molar-refractivity contribution in [1.82, 2.24) is 24.8 Å². The van der Waals surface area contributed by atoms with Gasteiger partial charge >= 0.3 is 0 Å². The van der Waals surface area contributed by atoms with E-state index in [-0.39, 0.29) is 11.6 Å². The second-order valence-corrected chi connectivity index (χ2v) is 5.73. The van der Waals surface area contributed by atoms with Gasteiger partial charge in [-0.3, -0.25) is 4.79 Å². The van der Waals surface area contributed by atoms with E-state index in [0.29, 0.717) is 22.2 Å². The van der Waals surface area contributed by atoms with E-state index in [1.165, 1.54) is 4.80 Å². The number of aryl methyl sites for hydroxylation is 2. The summed E-state index contributed by atoms with van der Waals surface area (Å²) >= 11 is 5.99. The van der Waals surface area contributed by atoms with Crippen LogP contribution in [-0.4, -0.2) is 30.7 Å². The molecule has 0 saturated heterocycles. The summed E-state index contributed by atoms with van der Waals surface area (Å²) in [6.07, 6.45) is 2.58. The first-order valence-electron chi connectivity index (χ1n) is 7.61. The van der Waals surface area contributed by atoms with Crippen molar-refractivity contribution in [2.24, 2.45) is 0 Å². The number of carbonyl (C=O) groups excluding carboxylic acids is 1. The Bertz CT molecular complexity index is 869. The minimum Gasteiger partial charge on any atom is -0.305 e. The molecule has 3 rings (SSSR count). The largest absolute Gasteiger partial charge is 0.305 e. The van der Waals surface area contributed by atoms with Crippen LogP contribution < -0.4 is 5.32 Å². The molecule has 0 aliphatic heterocycles. The van der Waals surface area contributed by atoms with Gasteiger partial charge in [0, 0.05) is 17.6 Å². The maximum absolute atomic E-state index is 12.5. The van der Waals surface area contributed by atoms with Gasteiger partial charge in [0.2, 0.25) is 0 Å². The molecule has 2 heterocycles. The number of aromatic nitrogens is 5. The third-order valence-corrected chi connectivity index (χ3v) is 3.67. The Morgan fingerprint density at radius 2 is 2.12 bits per heavy atom. The fourth-order valence-corrected chi connectivity index (χ4v) is 2.49. The number of hydrogen-bond donors (Lipinski definition) is 1. The van der Waals surface area contributed by atoms with Crippen LogP contribution in [0.2, 0.25) is 5.02 Å². The van der Waals surface area contributed by atoms with Crippen molar-refractivity contribution in [1.29, 1.82) is 0 Å². The van der Waals surface area contributed by atoms with Gasteiger partial charge in [-0.15, -0.1) is 5.10 Å². The third kappa shape index (κ3) is 3.30. The molecule has 0 aliphatic rings. The second-order valence-electron chi connectivity index (χ2n) is 5.30. The van der Waals surface area contributed by atoms with Gasteiger partial charge in [0.15, 0.2) is 5.69 Å². The van der Waals surface area contributed by atoms with Crippen LogP contribution in [0.15, 0.2) is 36.5 Å². The summed E-state index contributed by atoms with van der Waals surface area (Å²) in [4.78, 5) is 13.9. The van der Waals surface area contributed by atoms with E-state index in [2.05, 4.69) is 20.6 Å². The minimum absolute atomic E-state index is 0.263. The Hall–Kier alpha value is -2.67. The third-order valence-electron chi connectivity index (χ3n) is 3.43. The summed E-state index contributed by atoms with van der Waals surface area (Å²) in [5.74, 6) is 0.317. The Balaban J connectivity index is 1.84. The topological polar surface area (TPSA) is 77.6 Å². The summed E-state index contributed by atoms with van der Waals surface area (Å²) in [5, 5.41) is 16.2. The highest BCUT2D eigenvalue weighted by molar-refractivity contribution is 6.30. The van der Waals surface area contributed by atoms with Crippen LogP contribution in [0.4, 0.5) is 5.82 Å². The highest BCUT2D eigenvalue weighted by Crippen LogP contribution is 2.15. The van der Waals surface area contributed by atoms with Crippen molar-refractivity contribution in [2.75, 3.05) is 5.32 Å². The van der Waals surface area contributed by atoms with Crippen molar-refractivity contribution >= 4 is 23.3 Å². The molecule has 0 fully saturated rings. The molecule has 124 valence electrons. The van der Waals surface area contributed by atoms with Gasteiger partial charge in [-0.1, -0.05) is 24.6 Å². The van der Waals surface area contributed by atoms with Crippen LogP contribution in [-0.2, 0) is 6.54 Å². The zero-order valence-electron chi connectivity index (χ0n) is 13.4. The molecular weight excluding hydrogens is 328 g/mol. The normalized spacial score (nSPS) is 10.8. The van der Waals surface area contributed by atoms with Crippen molar-refractivity contribution in [3.8, 4) is 5.69 Å². The Kier molecular flexibility index (Phi) is 4.61. The molecule has 0 bridgehead atoms. The Morgan fingerprint density at radius 1 is 1.29 bits per heavy atom. The van der Waals surface area contributed by atoms with Gasteiger partial charge in [0.1, 0.15) is 5.82 Å². The molecule has 8 heteroatoms. The number of halogens is 1. The van der Waals surface area contributed by atoms with E-state index in [4.69, 9.17) is 11.6 Å². The Labute approximate surface area is 144 Å². The number of carbonyl (C=O) groups is 1. The predicted molar refractivity (Wildman–Crippen MR) is 91.6 cm³/mol. The quantitative estimate of drug-likeness (QED) is 0.771. The lowest BCUT2D eigenvalue weighted by Gasteiger charge is -2.06. The molecule has 2 aromatic heterocycles. The van der Waals surface area contributed by atoms with Crippen LogP contribution in [0.5, 0.6) is 0 Å². The van der Waals surface area contributed by atoms with Crippen molar-refractivity contribution in [2.45, 2.75) is 26.8 Å². The van der Waals surface area contributed by atoms with Crippen molar-refractivity contribution in [3.63, 3.8) is 0 Å². The molecule has 1 amide bonds.